The van der Waals surface area contributed by atoms with E-state index in [-0.39, 0.29) is 11.9 Å². The van der Waals surface area contributed by atoms with Gasteiger partial charge in [0, 0.05) is 18.2 Å². The van der Waals surface area contributed by atoms with Crippen LogP contribution in [0.3, 0.4) is 0 Å². The number of amides is 1. The highest BCUT2D eigenvalue weighted by molar-refractivity contribution is 5.95. The summed E-state index contributed by atoms with van der Waals surface area (Å²) in [5, 5.41) is 0. The third-order valence-corrected chi connectivity index (χ3v) is 4.21. The maximum absolute atomic E-state index is 12.8. The van der Waals surface area contributed by atoms with E-state index < -0.39 is 0 Å². The number of likely N-dealkylation sites (tertiary alicyclic amines) is 1. The Morgan fingerprint density at radius 3 is 2.70 bits per heavy atom. The minimum Gasteiger partial charge on any atom is -0.490 e. The van der Waals surface area contributed by atoms with Gasteiger partial charge in [0.15, 0.2) is 11.5 Å². The molecule has 0 aliphatic carbocycles. The summed E-state index contributed by atoms with van der Waals surface area (Å²) >= 11 is 0. The summed E-state index contributed by atoms with van der Waals surface area (Å²) in [4.78, 5) is 14.7. The molecule has 128 valence electrons. The summed E-state index contributed by atoms with van der Waals surface area (Å²) in [5.41, 5.74) is 6.39. The second-order valence-electron chi connectivity index (χ2n) is 6.09. The van der Waals surface area contributed by atoms with Gasteiger partial charge in [-0.1, -0.05) is 6.92 Å². The van der Waals surface area contributed by atoms with E-state index in [1.807, 2.05) is 24.0 Å². The Morgan fingerprint density at radius 1 is 1.30 bits per heavy atom. The van der Waals surface area contributed by atoms with Crippen LogP contribution in [0.15, 0.2) is 18.2 Å². The van der Waals surface area contributed by atoms with Crippen LogP contribution in [0.5, 0.6) is 11.5 Å². The molecule has 0 aromatic heterocycles. The topological polar surface area (TPSA) is 64.8 Å². The molecule has 1 heterocycles. The number of hydrogen-bond donors (Lipinski definition) is 1. The summed E-state index contributed by atoms with van der Waals surface area (Å²) in [6.07, 6.45) is 1.90. The first-order chi connectivity index (χ1) is 11.1. The Kier molecular flexibility index (Phi) is 6.28. The molecule has 1 aromatic carbocycles. The van der Waals surface area contributed by atoms with Crippen molar-refractivity contribution in [3.05, 3.63) is 23.8 Å². The summed E-state index contributed by atoms with van der Waals surface area (Å²) in [5.74, 6) is 1.76. The van der Waals surface area contributed by atoms with Crippen LogP contribution in [0, 0.1) is 5.92 Å². The number of rotatable bonds is 7. The van der Waals surface area contributed by atoms with Crippen LogP contribution in [0.4, 0.5) is 0 Å². The Hall–Kier alpha value is -1.75. The van der Waals surface area contributed by atoms with Gasteiger partial charge < -0.3 is 20.1 Å². The predicted molar refractivity (Wildman–Crippen MR) is 91.1 cm³/mol. The lowest BCUT2D eigenvalue weighted by atomic mass is 10.1. The monoisotopic (exact) mass is 320 g/mol. The summed E-state index contributed by atoms with van der Waals surface area (Å²) in [6, 6.07) is 5.66. The number of nitrogens with zero attached hydrogens (tertiary/aromatic N) is 1. The number of carbonyl (C=O) groups excluding carboxylic acids is 1. The fourth-order valence-corrected chi connectivity index (χ4v) is 3.00. The van der Waals surface area contributed by atoms with Gasteiger partial charge in [-0.25, -0.2) is 0 Å². The summed E-state index contributed by atoms with van der Waals surface area (Å²) < 4.78 is 11.3. The molecular weight excluding hydrogens is 292 g/mol. The molecule has 0 radical (unpaired) electrons. The van der Waals surface area contributed by atoms with Crippen molar-refractivity contribution in [1.82, 2.24) is 4.90 Å². The first kappa shape index (κ1) is 17.6. The molecule has 5 heteroatoms. The molecule has 1 aliphatic rings. The fourth-order valence-electron chi connectivity index (χ4n) is 3.00. The van der Waals surface area contributed by atoms with Crippen molar-refractivity contribution in [3.8, 4) is 11.5 Å². The van der Waals surface area contributed by atoms with E-state index in [1.54, 1.807) is 6.07 Å². The molecule has 23 heavy (non-hydrogen) atoms. The maximum atomic E-state index is 12.8. The van der Waals surface area contributed by atoms with Crippen LogP contribution in [0.1, 0.15) is 44.0 Å². The Labute approximate surface area is 138 Å². The van der Waals surface area contributed by atoms with Gasteiger partial charge >= 0.3 is 0 Å². The third kappa shape index (κ3) is 4.16. The number of carbonyl (C=O) groups is 1. The normalized spacial score (nSPS) is 20.6. The molecule has 2 rings (SSSR count). The lowest BCUT2D eigenvalue weighted by Gasteiger charge is -2.22. The second kappa shape index (κ2) is 8.20. The van der Waals surface area contributed by atoms with Crippen LogP contribution in [-0.2, 0) is 0 Å². The molecule has 2 N–H and O–H groups in total. The lowest BCUT2D eigenvalue weighted by Crippen LogP contribution is -2.34. The zero-order valence-electron chi connectivity index (χ0n) is 14.4. The number of nitrogens with two attached hydrogens (primary N) is 1. The van der Waals surface area contributed by atoms with Gasteiger partial charge in [0.25, 0.3) is 5.91 Å². The molecule has 0 bridgehead atoms. The van der Waals surface area contributed by atoms with E-state index in [9.17, 15) is 4.79 Å². The Bertz CT molecular complexity index is 533. The van der Waals surface area contributed by atoms with Crippen LogP contribution in [0.2, 0.25) is 0 Å². The molecule has 1 saturated heterocycles. The molecule has 2 atom stereocenters. The summed E-state index contributed by atoms with van der Waals surface area (Å²) in [7, 11) is 0. The van der Waals surface area contributed by atoms with E-state index in [0.29, 0.717) is 42.7 Å². The zero-order chi connectivity index (χ0) is 16.8. The van der Waals surface area contributed by atoms with E-state index in [1.165, 1.54) is 0 Å². The van der Waals surface area contributed by atoms with Gasteiger partial charge in [0.2, 0.25) is 0 Å². The van der Waals surface area contributed by atoms with Crippen molar-refractivity contribution in [2.24, 2.45) is 11.7 Å². The molecule has 1 aliphatic heterocycles. The van der Waals surface area contributed by atoms with Crippen molar-refractivity contribution in [3.63, 3.8) is 0 Å². The third-order valence-electron chi connectivity index (χ3n) is 4.21. The fraction of sp³-hybridized carbons (Fsp3) is 0.611. The van der Waals surface area contributed by atoms with Gasteiger partial charge in [-0.05, 0) is 57.4 Å². The Morgan fingerprint density at radius 2 is 2.09 bits per heavy atom. The van der Waals surface area contributed by atoms with Crippen molar-refractivity contribution < 1.29 is 14.3 Å². The average molecular weight is 320 g/mol. The van der Waals surface area contributed by atoms with Gasteiger partial charge in [-0.15, -0.1) is 0 Å². The lowest BCUT2D eigenvalue weighted by molar-refractivity contribution is 0.0743. The van der Waals surface area contributed by atoms with E-state index in [4.69, 9.17) is 15.2 Å². The minimum absolute atomic E-state index is 0.0384. The molecule has 1 aromatic rings. The number of ether oxygens (including phenoxy) is 2. The molecule has 5 nitrogen and oxygen atoms in total. The van der Waals surface area contributed by atoms with Gasteiger partial charge in [0.05, 0.1) is 13.2 Å². The number of hydrogen-bond acceptors (Lipinski definition) is 4. The van der Waals surface area contributed by atoms with Crippen molar-refractivity contribution in [2.75, 3.05) is 26.3 Å². The smallest absolute Gasteiger partial charge is 0.254 e. The van der Waals surface area contributed by atoms with Crippen molar-refractivity contribution in [2.45, 2.75) is 39.7 Å². The molecule has 0 saturated carbocycles. The zero-order valence-corrected chi connectivity index (χ0v) is 14.4. The molecule has 1 fully saturated rings. The highest BCUT2D eigenvalue weighted by Gasteiger charge is 2.32. The molecule has 0 spiro atoms. The second-order valence-corrected chi connectivity index (χ2v) is 6.09. The van der Waals surface area contributed by atoms with Crippen LogP contribution >= 0.6 is 0 Å². The quantitative estimate of drug-likeness (QED) is 0.839. The minimum atomic E-state index is 0.0384. The van der Waals surface area contributed by atoms with Crippen LogP contribution < -0.4 is 15.2 Å². The average Bonchev–Trinajstić information content (AvgIpc) is 2.94. The van der Waals surface area contributed by atoms with Crippen molar-refractivity contribution >= 4 is 5.91 Å². The van der Waals surface area contributed by atoms with Gasteiger partial charge in [-0.2, -0.15) is 0 Å². The van der Waals surface area contributed by atoms with Gasteiger partial charge in [-0.3, -0.25) is 4.79 Å². The highest BCUT2D eigenvalue weighted by Crippen LogP contribution is 2.31. The SMILES string of the molecule is CCCOc1ccc(C(=O)N2CC(CN)CC2C)cc1OCC. The van der Waals surface area contributed by atoms with Crippen molar-refractivity contribution in [1.29, 1.82) is 0 Å². The first-order valence-corrected chi connectivity index (χ1v) is 8.51. The Balaban J connectivity index is 2.18. The maximum Gasteiger partial charge on any atom is 0.254 e. The highest BCUT2D eigenvalue weighted by atomic mass is 16.5. The standard InChI is InChI=1S/C18H28N2O3/c1-4-8-23-16-7-6-15(10-17(16)22-5-2)18(21)20-12-14(11-19)9-13(20)3/h6-7,10,13-14H,4-5,8-9,11-12,19H2,1-3H3. The van der Waals surface area contributed by atoms with Crippen LogP contribution in [-0.4, -0.2) is 43.2 Å². The predicted octanol–water partition coefficient (Wildman–Crippen LogP) is 2.68. The first-order valence-electron chi connectivity index (χ1n) is 8.51. The van der Waals surface area contributed by atoms with Crippen LogP contribution in [0.25, 0.3) is 0 Å². The van der Waals surface area contributed by atoms with Gasteiger partial charge in [0.1, 0.15) is 0 Å². The van der Waals surface area contributed by atoms with E-state index in [0.717, 1.165) is 19.4 Å². The molecule has 1 amide bonds. The van der Waals surface area contributed by atoms with E-state index >= 15 is 0 Å². The summed E-state index contributed by atoms with van der Waals surface area (Å²) in [6.45, 7) is 8.59. The number of benzene rings is 1. The molecule has 2 unspecified atom stereocenters. The van der Waals surface area contributed by atoms with E-state index in [2.05, 4.69) is 13.8 Å². The molecular formula is C18H28N2O3. The largest absolute Gasteiger partial charge is 0.490 e.